The van der Waals surface area contributed by atoms with Crippen LogP contribution in [0.3, 0.4) is 0 Å². The van der Waals surface area contributed by atoms with Crippen molar-refractivity contribution in [3.63, 3.8) is 0 Å². The SMILES string of the molecule is COc1ccc(N2C(=S)N(c3ccc(Cl)c(Cl)c3)[C@H]3CS(=O)(=O)C[C@H]32)cc1. The van der Waals surface area contributed by atoms with Gasteiger partial charge in [-0.15, -0.1) is 0 Å². The van der Waals surface area contributed by atoms with E-state index in [4.69, 9.17) is 40.2 Å². The molecule has 2 saturated heterocycles. The second kappa shape index (κ2) is 6.81. The predicted molar refractivity (Wildman–Crippen MR) is 113 cm³/mol. The lowest BCUT2D eigenvalue weighted by molar-refractivity contribution is 0.415. The van der Waals surface area contributed by atoms with Crippen LogP contribution in [0.1, 0.15) is 0 Å². The van der Waals surface area contributed by atoms with E-state index in [0.717, 1.165) is 17.1 Å². The molecule has 0 aromatic heterocycles. The van der Waals surface area contributed by atoms with E-state index in [1.54, 1.807) is 25.3 Å². The van der Waals surface area contributed by atoms with Crippen molar-refractivity contribution in [1.29, 1.82) is 0 Å². The number of methoxy groups -OCH3 is 1. The molecule has 2 aliphatic heterocycles. The van der Waals surface area contributed by atoms with Crippen molar-refractivity contribution in [2.75, 3.05) is 28.4 Å². The molecule has 2 heterocycles. The number of hydrogen-bond acceptors (Lipinski definition) is 4. The first-order chi connectivity index (χ1) is 12.8. The summed E-state index contributed by atoms with van der Waals surface area (Å²) in [5.74, 6) is 0.826. The van der Waals surface area contributed by atoms with Gasteiger partial charge in [-0.05, 0) is 54.7 Å². The summed E-state index contributed by atoms with van der Waals surface area (Å²) in [4.78, 5) is 3.78. The largest absolute Gasteiger partial charge is 0.497 e. The highest BCUT2D eigenvalue weighted by molar-refractivity contribution is 7.91. The van der Waals surface area contributed by atoms with Crippen molar-refractivity contribution in [3.05, 3.63) is 52.5 Å². The van der Waals surface area contributed by atoms with Crippen LogP contribution in [0.2, 0.25) is 10.0 Å². The van der Waals surface area contributed by atoms with Gasteiger partial charge in [0.15, 0.2) is 14.9 Å². The molecule has 0 amide bonds. The van der Waals surface area contributed by atoms with Crippen molar-refractivity contribution in [1.82, 2.24) is 0 Å². The van der Waals surface area contributed by atoms with Crippen LogP contribution >= 0.6 is 35.4 Å². The molecule has 2 aromatic rings. The molecule has 0 saturated carbocycles. The molecule has 9 heteroatoms. The fourth-order valence-electron chi connectivity index (χ4n) is 3.69. The van der Waals surface area contributed by atoms with Crippen molar-refractivity contribution in [2.45, 2.75) is 12.1 Å². The Hall–Kier alpha value is -1.54. The second-order valence-electron chi connectivity index (χ2n) is 6.53. The molecule has 0 aliphatic carbocycles. The van der Waals surface area contributed by atoms with Crippen LogP contribution < -0.4 is 14.5 Å². The lowest BCUT2D eigenvalue weighted by Gasteiger charge is -2.26. The Morgan fingerprint density at radius 1 is 0.963 bits per heavy atom. The molecular formula is C18H16Cl2N2O3S2. The topological polar surface area (TPSA) is 49.9 Å². The van der Waals surface area contributed by atoms with Gasteiger partial charge in [-0.25, -0.2) is 8.42 Å². The summed E-state index contributed by atoms with van der Waals surface area (Å²) in [7, 11) is -1.57. The Bertz CT molecular complexity index is 1010. The highest BCUT2D eigenvalue weighted by Crippen LogP contribution is 2.39. The number of thiocarbonyl (C=S) groups is 1. The molecule has 5 nitrogen and oxygen atoms in total. The van der Waals surface area contributed by atoms with Gasteiger partial charge in [0.05, 0.1) is 40.7 Å². The predicted octanol–water partition coefficient (Wildman–Crippen LogP) is 3.78. The van der Waals surface area contributed by atoms with E-state index in [0.29, 0.717) is 15.2 Å². The van der Waals surface area contributed by atoms with Gasteiger partial charge in [-0.2, -0.15) is 0 Å². The first-order valence-corrected chi connectivity index (χ1v) is 11.2. The summed E-state index contributed by atoms with van der Waals surface area (Å²) in [6, 6.07) is 12.1. The minimum atomic E-state index is -3.17. The van der Waals surface area contributed by atoms with E-state index in [1.165, 1.54) is 0 Å². The Morgan fingerprint density at radius 3 is 2.07 bits per heavy atom. The molecule has 0 bridgehead atoms. The number of nitrogens with zero attached hydrogens (tertiary/aromatic N) is 2. The Kier molecular flexibility index (Phi) is 4.74. The standard InChI is InChI=1S/C18H16Cl2N2O3S2/c1-25-13-5-2-11(3-6-13)21-16-9-27(23,24)10-17(16)22(18(21)26)12-4-7-14(19)15(20)8-12/h2-8,16-17H,9-10H2,1H3/t16-,17+/m1/s1. The van der Waals surface area contributed by atoms with Crippen LogP contribution in [0, 0.1) is 0 Å². The van der Waals surface area contributed by atoms with Crippen LogP contribution in [-0.2, 0) is 9.84 Å². The van der Waals surface area contributed by atoms with Gasteiger partial charge in [-0.3, -0.25) is 0 Å². The van der Waals surface area contributed by atoms with Gasteiger partial charge >= 0.3 is 0 Å². The second-order valence-corrected chi connectivity index (χ2v) is 9.86. The van der Waals surface area contributed by atoms with Gasteiger partial charge in [0.2, 0.25) is 0 Å². The van der Waals surface area contributed by atoms with E-state index in [9.17, 15) is 8.42 Å². The number of halogens is 2. The third kappa shape index (κ3) is 3.27. The number of sulfone groups is 1. The van der Waals surface area contributed by atoms with Crippen LogP contribution in [0.5, 0.6) is 5.75 Å². The van der Waals surface area contributed by atoms with Crippen molar-refractivity contribution >= 4 is 61.7 Å². The van der Waals surface area contributed by atoms with Gasteiger partial charge < -0.3 is 14.5 Å². The molecule has 0 N–H and O–H groups in total. The number of fused-ring (bicyclic) bond motifs is 1. The molecular weight excluding hydrogens is 427 g/mol. The average Bonchev–Trinajstić information content (AvgIpc) is 3.06. The maximum Gasteiger partial charge on any atom is 0.181 e. The zero-order valence-corrected chi connectivity index (χ0v) is 17.4. The van der Waals surface area contributed by atoms with E-state index in [2.05, 4.69) is 0 Å². The summed E-state index contributed by atoms with van der Waals surface area (Å²) in [5.41, 5.74) is 1.56. The summed E-state index contributed by atoms with van der Waals surface area (Å²) in [5, 5.41) is 1.38. The zero-order valence-electron chi connectivity index (χ0n) is 14.3. The monoisotopic (exact) mass is 442 g/mol. The highest BCUT2D eigenvalue weighted by atomic mass is 35.5. The minimum absolute atomic E-state index is 0.0463. The number of benzene rings is 2. The molecule has 2 atom stereocenters. The smallest absolute Gasteiger partial charge is 0.181 e. The maximum absolute atomic E-state index is 12.4. The third-order valence-electron chi connectivity index (χ3n) is 4.90. The molecule has 2 fully saturated rings. The van der Waals surface area contributed by atoms with Crippen LogP contribution in [0.15, 0.2) is 42.5 Å². The van der Waals surface area contributed by atoms with Gasteiger partial charge in [0, 0.05) is 11.4 Å². The first kappa shape index (κ1) is 18.8. The zero-order chi connectivity index (χ0) is 19.3. The third-order valence-corrected chi connectivity index (χ3v) is 7.73. The van der Waals surface area contributed by atoms with Crippen molar-refractivity contribution in [3.8, 4) is 5.75 Å². The van der Waals surface area contributed by atoms with E-state index in [-0.39, 0.29) is 23.6 Å². The first-order valence-electron chi connectivity index (χ1n) is 8.23. The fraction of sp³-hybridized carbons (Fsp3) is 0.278. The van der Waals surface area contributed by atoms with Gasteiger partial charge in [-0.1, -0.05) is 23.2 Å². The van der Waals surface area contributed by atoms with Crippen LogP contribution in [0.25, 0.3) is 0 Å². The highest BCUT2D eigenvalue weighted by Gasteiger charge is 2.52. The Morgan fingerprint density at radius 2 is 1.52 bits per heavy atom. The summed E-state index contributed by atoms with van der Waals surface area (Å²) in [6.45, 7) is 0. The summed E-state index contributed by atoms with van der Waals surface area (Å²) >= 11 is 18.0. The summed E-state index contributed by atoms with van der Waals surface area (Å²) < 4.78 is 29.9. The maximum atomic E-state index is 12.4. The molecule has 2 aliphatic rings. The van der Waals surface area contributed by atoms with Crippen molar-refractivity contribution in [2.24, 2.45) is 0 Å². The number of ether oxygens (including phenoxy) is 1. The molecule has 0 spiro atoms. The Balaban J connectivity index is 1.78. The molecule has 0 unspecified atom stereocenters. The van der Waals surface area contributed by atoms with E-state index < -0.39 is 9.84 Å². The summed E-state index contributed by atoms with van der Waals surface area (Å²) in [6.07, 6.45) is 0. The van der Waals surface area contributed by atoms with Crippen LogP contribution in [0.4, 0.5) is 11.4 Å². The lowest BCUT2D eigenvalue weighted by atomic mass is 10.1. The number of rotatable bonds is 3. The van der Waals surface area contributed by atoms with Crippen LogP contribution in [-0.4, -0.2) is 44.2 Å². The van der Waals surface area contributed by atoms with Gasteiger partial charge in [0.1, 0.15) is 5.75 Å². The molecule has 27 heavy (non-hydrogen) atoms. The Labute approximate surface area is 173 Å². The fourth-order valence-corrected chi connectivity index (χ4v) is 6.38. The van der Waals surface area contributed by atoms with E-state index >= 15 is 0 Å². The normalized spacial score (nSPS) is 23.6. The van der Waals surface area contributed by atoms with Crippen molar-refractivity contribution < 1.29 is 13.2 Å². The minimum Gasteiger partial charge on any atom is -0.497 e. The van der Waals surface area contributed by atoms with Gasteiger partial charge in [0.25, 0.3) is 0 Å². The number of anilines is 2. The molecule has 2 aromatic carbocycles. The lowest BCUT2D eigenvalue weighted by Crippen LogP contribution is -2.37. The quantitative estimate of drug-likeness (QED) is 0.674. The average molecular weight is 443 g/mol. The van der Waals surface area contributed by atoms with E-state index in [1.807, 2.05) is 34.1 Å². The molecule has 4 rings (SSSR count). The number of hydrogen-bond donors (Lipinski definition) is 0. The molecule has 142 valence electrons. The molecule has 0 radical (unpaired) electrons.